The molecule has 0 spiro atoms. The molecule has 0 saturated carbocycles. The van der Waals surface area contributed by atoms with E-state index < -0.39 is 17.8 Å². The molecule has 0 unspecified atom stereocenters. The Labute approximate surface area is 129 Å². The maximum absolute atomic E-state index is 12.6. The van der Waals surface area contributed by atoms with E-state index in [1.807, 2.05) is 0 Å². The quantitative estimate of drug-likeness (QED) is 0.750. The van der Waals surface area contributed by atoms with Crippen LogP contribution in [0.4, 0.5) is 13.2 Å². The van der Waals surface area contributed by atoms with Gasteiger partial charge in [-0.1, -0.05) is 30.3 Å². The van der Waals surface area contributed by atoms with Gasteiger partial charge in [0.2, 0.25) is 0 Å². The van der Waals surface area contributed by atoms with E-state index in [0.29, 0.717) is 16.5 Å². The Morgan fingerprint density at radius 3 is 2.43 bits per heavy atom. The number of carbonyl (C=O) groups is 1. The average Bonchev–Trinajstić information content (AvgIpc) is 2.53. The number of alkyl halides is 3. The number of benzene rings is 2. The summed E-state index contributed by atoms with van der Waals surface area (Å²) in [6.07, 6.45) is -3.31. The molecular weight excluding hydrogens is 307 g/mol. The van der Waals surface area contributed by atoms with Crippen molar-refractivity contribution < 1.29 is 23.1 Å². The molecule has 0 fully saturated rings. The number of carboxylic acids is 1. The molecular formula is C17H10F3NO2. The minimum absolute atomic E-state index is 0.153. The van der Waals surface area contributed by atoms with Crippen LogP contribution in [0.15, 0.2) is 54.7 Å². The first-order chi connectivity index (χ1) is 10.9. The third-order valence-corrected chi connectivity index (χ3v) is 3.49. The van der Waals surface area contributed by atoms with Gasteiger partial charge in [-0.15, -0.1) is 0 Å². The largest absolute Gasteiger partial charge is 0.478 e. The zero-order valence-corrected chi connectivity index (χ0v) is 11.6. The lowest BCUT2D eigenvalue weighted by Crippen LogP contribution is -2.07. The van der Waals surface area contributed by atoms with Crippen LogP contribution >= 0.6 is 0 Å². The first-order valence-corrected chi connectivity index (χ1v) is 6.66. The highest BCUT2D eigenvalue weighted by Gasteiger charge is 2.32. The molecule has 116 valence electrons. The Kier molecular flexibility index (Phi) is 3.52. The molecule has 3 rings (SSSR count). The molecule has 0 atom stereocenters. The lowest BCUT2D eigenvalue weighted by atomic mass is 9.98. The van der Waals surface area contributed by atoms with Crippen LogP contribution in [-0.4, -0.2) is 16.1 Å². The van der Waals surface area contributed by atoms with Crippen LogP contribution in [-0.2, 0) is 6.18 Å². The number of nitrogens with zero attached hydrogens (tertiary/aromatic N) is 1. The van der Waals surface area contributed by atoms with Gasteiger partial charge in [-0.2, -0.15) is 13.2 Å². The SMILES string of the molecule is O=C(O)c1ccc2c(-c3ccc(C(F)(F)F)nc3)cccc2c1. The molecule has 0 bridgehead atoms. The lowest BCUT2D eigenvalue weighted by Gasteiger charge is -2.09. The smallest absolute Gasteiger partial charge is 0.433 e. The molecule has 0 aliphatic carbocycles. The van der Waals surface area contributed by atoms with Crippen LogP contribution in [0.25, 0.3) is 21.9 Å². The van der Waals surface area contributed by atoms with Gasteiger partial charge in [0.25, 0.3) is 0 Å². The molecule has 0 saturated heterocycles. The summed E-state index contributed by atoms with van der Waals surface area (Å²) < 4.78 is 37.7. The molecule has 3 aromatic rings. The van der Waals surface area contributed by atoms with E-state index in [-0.39, 0.29) is 5.56 Å². The van der Waals surface area contributed by atoms with Gasteiger partial charge in [0.1, 0.15) is 5.69 Å². The first-order valence-electron chi connectivity index (χ1n) is 6.66. The predicted octanol–water partition coefficient (Wildman–Crippen LogP) is 4.62. The highest BCUT2D eigenvalue weighted by Crippen LogP contribution is 2.32. The first kappa shape index (κ1) is 15.0. The van der Waals surface area contributed by atoms with E-state index in [1.165, 1.54) is 24.4 Å². The van der Waals surface area contributed by atoms with E-state index in [9.17, 15) is 18.0 Å². The van der Waals surface area contributed by atoms with Gasteiger partial charge in [-0.25, -0.2) is 4.79 Å². The number of rotatable bonds is 2. The lowest BCUT2D eigenvalue weighted by molar-refractivity contribution is -0.141. The van der Waals surface area contributed by atoms with Crippen LogP contribution in [0.1, 0.15) is 16.1 Å². The second-order valence-electron chi connectivity index (χ2n) is 4.98. The van der Waals surface area contributed by atoms with E-state index in [4.69, 9.17) is 5.11 Å². The fourth-order valence-corrected chi connectivity index (χ4v) is 2.39. The van der Waals surface area contributed by atoms with E-state index in [1.54, 1.807) is 24.3 Å². The molecule has 1 heterocycles. The maximum Gasteiger partial charge on any atom is 0.433 e. The minimum atomic E-state index is -4.48. The molecule has 1 aromatic heterocycles. The van der Waals surface area contributed by atoms with E-state index in [0.717, 1.165) is 11.5 Å². The Bertz CT molecular complexity index is 886. The predicted molar refractivity (Wildman–Crippen MR) is 79.1 cm³/mol. The number of halogens is 3. The minimum Gasteiger partial charge on any atom is -0.478 e. The van der Waals surface area contributed by atoms with Gasteiger partial charge in [0, 0.05) is 11.8 Å². The van der Waals surface area contributed by atoms with E-state index >= 15 is 0 Å². The zero-order valence-electron chi connectivity index (χ0n) is 11.6. The normalized spacial score (nSPS) is 11.6. The second-order valence-corrected chi connectivity index (χ2v) is 4.98. The fourth-order valence-electron chi connectivity index (χ4n) is 2.39. The Hall–Kier alpha value is -2.89. The average molecular weight is 317 g/mol. The third kappa shape index (κ3) is 2.88. The van der Waals surface area contributed by atoms with Crippen molar-refractivity contribution in [1.29, 1.82) is 0 Å². The fraction of sp³-hybridized carbons (Fsp3) is 0.0588. The van der Waals surface area contributed by atoms with Crippen molar-refractivity contribution in [2.45, 2.75) is 6.18 Å². The number of aromatic carboxylic acids is 1. The molecule has 2 aromatic carbocycles. The Morgan fingerprint density at radius 2 is 1.83 bits per heavy atom. The summed E-state index contributed by atoms with van der Waals surface area (Å²) in [4.78, 5) is 14.5. The van der Waals surface area contributed by atoms with Gasteiger partial charge in [0.15, 0.2) is 0 Å². The monoisotopic (exact) mass is 317 g/mol. The van der Waals surface area contributed by atoms with Crippen molar-refractivity contribution in [2.24, 2.45) is 0 Å². The van der Waals surface area contributed by atoms with Gasteiger partial charge < -0.3 is 5.11 Å². The van der Waals surface area contributed by atoms with Gasteiger partial charge in [-0.3, -0.25) is 4.98 Å². The van der Waals surface area contributed by atoms with Crippen LogP contribution in [0.2, 0.25) is 0 Å². The number of pyridine rings is 1. The van der Waals surface area contributed by atoms with Gasteiger partial charge in [0.05, 0.1) is 5.56 Å². The van der Waals surface area contributed by atoms with Crippen LogP contribution < -0.4 is 0 Å². The highest BCUT2D eigenvalue weighted by atomic mass is 19.4. The van der Waals surface area contributed by atoms with Crippen LogP contribution in [0.5, 0.6) is 0 Å². The highest BCUT2D eigenvalue weighted by molar-refractivity contribution is 6.00. The summed E-state index contributed by atoms with van der Waals surface area (Å²) in [6, 6.07) is 12.2. The standard InChI is InChI=1S/C17H10F3NO2/c18-17(19,20)15-7-5-12(9-21-15)13-3-1-2-10-8-11(16(22)23)4-6-14(10)13/h1-9H,(H,22,23). The number of hydrogen-bond acceptors (Lipinski definition) is 2. The van der Waals surface area contributed by atoms with Crippen molar-refractivity contribution in [3.63, 3.8) is 0 Å². The molecule has 0 radical (unpaired) electrons. The molecule has 1 N–H and O–H groups in total. The summed E-state index contributed by atoms with van der Waals surface area (Å²) in [5, 5.41) is 10.5. The molecule has 23 heavy (non-hydrogen) atoms. The number of aromatic nitrogens is 1. The number of fused-ring (bicyclic) bond motifs is 1. The maximum atomic E-state index is 12.6. The summed E-state index contributed by atoms with van der Waals surface area (Å²) in [5.74, 6) is -1.03. The summed E-state index contributed by atoms with van der Waals surface area (Å²) >= 11 is 0. The summed E-state index contributed by atoms with van der Waals surface area (Å²) in [5.41, 5.74) is 0.433. The Morgan fingerprint density at radius 1 is 1.04 bits per heavy atom. The summed E-state index contributed by atoms with van der Waals surface area (Å²) in [6.45, 7) is 0. The molecule has 0 aliphatic heterocycles. The van der Waals surface area contributed by atoms with Gasteiger partial charge >= 0.3 is 12.1 Å². The van der Waals surface area contributed by atoms with Crippen molar-refractivity contribution in [1.82, 2.24) is 4.98 Å². The molecule has 0 amide bonds. The Balaban J connectivity index is 2.11. The summed E-state index contributed by atoms with van der Waals surface area (Å²) in [7, 11) is 0. The van der Waals surface area contributed by atoms with Crippen LogP contribution in [0.3, 0.4) is 0 Å². The zero-order chi connectivity index (χ0) is 16.6. The molecule has 3 nitrogen and oxygen atoms in total. The number of carboxylic acid groups (broad SMARTS) is 1. The third-order valence-electron chi connectivity index (χ3n) is 3.49. The number of hydrogen-bond donors (Lipinski definition) is 1. The van der Waals surface area contributed by atoms with Gasteiger partial charge in [-0.05, 0) is 34.5 Å². The van der Waals surface area contributed by atoms with Crippen molar-refractivity contribution in [3.8, 4) is 11.1 Å². The van der Waals surface area contributed by atoms with E-state index in [2.05, 4.69) is 4.98 Å². The van der Waals surface area contributed by atoms with Crippen LogP contribution in [0, 0.1) is 0 Å². The second kappa shape index (κ2) is 5.39. The van der Waals surface area contributed by atoms with Crippen molar-refractivity contribution in [2.75, 3.05) is 0 Å². The molecule has 6 heteroatoms. The van der Waals surface area contributed by atoms with Crippen molar-refractivity contribution in [3.05, 3.63) is 66.0 Å². The topological polar surface area (TPSA) is 50.2 Å². The molecule has 0 aliphatic rings. The van der Waals surface area contributed by atoms with Crippen molar-refractivity contribution >= 4 is 16.7 Å².